The number of benzene rings is 2. The van der Waals surface area contributed by atoms with Gasteiger partial charge >= 0.3 is 0 Å². The van der Waals surface area contributed by atoms with Crippen molar-refractivity contribution < 1.29 is 0 Å². The lowest BCUT2D eigenvalue weighted by molar-refractivity contribution is 0.652. The van der Waals surface area contributed by atoms with Crippen molar-refractivity contribution in [3.63, 3.8) is 0 Å². The quantitative estimate of drug-likeness (QED) is 0.815. The second kappa shape index (κ2) is 5.96. The first-order valence-electron chi connectivity index (χ1n) is 6.26. The van der Waals surface area contributed by atoms with Crippen molar-refractivity contribution in [1.82, 2.24) is 5.32 Å². The van der Waals surface area contributed by atoms with Gasteiger partial charge in [-0.2, -0.15) is 0 Å². The molecule has 0 aliphatic heterocycles. The second-order valence-electron chi connectivity index (χ2n) is 4.71. The second-order valence-corrected chi connectivity index (χ2v) is 5.53. The van der Waals surface area contributed by atoms with Gasteiger partial charge in [0.05, 0.1) is 0 Å². The van der Waals surface area contributed by atoms with Crippen LogP contribution in [-0.4, -0.2) is 7.05 Å². The van der Waals surface area contributed by atoms with Gasteiger partial charge in [0.15, 0.2) is 0 Å². The fourth-order valence-corrected chi connectivity index (χ4v) is 2.51. The van der Waals surface area contributed by atoms with Crippen LogP contribution in [0.15, 0.2) is 36.4 Å². The molecular weight excluding hydrogens is 277 g/mol. The SMILES string of the molecule is CNC(C)c1ccc(-c2ccc(C)c(Cl)c2)cc1Cl. The third kappa shape index (κ3) is 3.11. The minimum atomic E-state index is 0.239. The first-order chi connectivity index (χ1) is 9.02. The van der Waals surface area contributed by atoms with Crippen LogP contribution in [0.5, 0.6) is 0 Å². The predicted molar refractivity (Wildman–Crippen MR) is 84.1 cm³/mol. The molecule has 0 radical (unpaired) electrons. The number of aryl methyl sites for hydroxylation is 1. The van der Waals surface area contributed by atoms with Crippen molar-refractivity contribution >= 4 is 23.2 Å². The van der Waals surface area contributed by atoms with E-state index in [-0.39, 0.29) is 6.04 Å². The van der Waals surface area contributed by atoms with Crippen molar-refractivity contribution in [2.45, 2.75) is 19.9 Å². The van der Waals surface area contributed by atoms with Crippen LogP contribution in [0.1, 0.15) is 24.1 Å². The zero-order chi connectivity index (χ0) is 14.0. The van der Waals surface area contributed by atoms with E-state index in [1.807, 2.05) is 32.2 Å². The fraction of sp³-hybridized carbons (Fsp3) is 0.250. The van der Waals surface area contributed by atoms with Gasteiger partial charge in [-0.15, -0.1) is 0 Å². The topological polar surface area (TPSA) is 12.0 Å². The van der Waals surface area contributed by atoms with E-state index in [0.29, 0.717) is 0 Å². The van der Waals surface area contributed by atoms with Crippen molar-refractivity contribution in [2.75, 3.05) is 7.05 Å². The molecule has 2 aromatic rings. The molecule has 0 aliphatic carbocycles. The van der Waals surface area contributed by atoms with Crippen LogP contribution < -0.4 is 5.32 Å². The van der Waals surface area contributed by atoms with E-state index in [1.54, 1.807) is 0 Å². The molecule has 0 fully saturated rings. The third-order valence-electron chi connectivity index (χ3n) is 3.41. The molecule has 1 unspecified atom stereocenters. The van der Waals surface area contributed by atoms with Crippen molar-refractivity contribution in [3.05, 3.63) is 57.6 Å². The monoisotopic (exact) mass is 293 g/mol. The Bertz CT molecular complexity index is 593. The number of hydrogen-bond donors (Lipinski definition) is 1. The Labute approximate surface area is 124 Å². The summed E-state index contributed by atoms with van der Waals surface area (Å²) in [7, 11) is 1.93. The van der Waals surface area contributed by atoms with Crippen LogP contribution in [0.2, 0.25) is 10.0 Å². The van der Waals surface area contributed by atoms with E-state index in [4.69, 9.17) is 23.2 Å². The Balaban J connectivity index is 2.41. The molecule has 1 nitrogen and oxygen atoms in total. The Kier molecular flexibility index (Phi) is 4.51. The highest BCUT2D eigenvalue weighted by atomic mass is 35.5. The van der Waals surface area contributed by atoms with E-state index < -0.39 is 0 Å². The number of hydrogen-bond acceptors (Lipinski definition) is 1. The van der Waals surface area contributed by atoms with Crippen LogP contribution in [0.3, 0.4) is 0 Å². The first-order valence-corrected chi connectivity index (χ1v) is 7.01. The standard InChI is InChI=1S/C16H17Cl2N/c1-10-4-5-12(8-15(10)17)13-6-7-14(11(2)19-3)16(18)9-13/h4-9,11,19H,1-3H3. The Morgan fingerprint density at radius 1 is 0.947 bits per heavy atom. The summed E-state index contributed by atoms with van der Waals surface area (Å²) in [5.41, 5.74) is 4.35. The first kappa shape index (κ1) is 14.4. The molecule has 1 atom stereocenters. The van der Waals surface area contributed by atoms with Crippen LogP contribution in [-0.2, 0) is 0 Å². The summed E-state index contributed by atoms with van der Waals surface area (Å²) < 4.78 is 0. The van der Waals surface area contributed by atoms with Gasteiger partial charge < -0.3 is 5.32 Å². The molecule has 0 saturated carbocycles. The summed E-state index contributed by atoms with van der Waals surface area (Å²) in [5.74, 6) is 0. The number of halogens is 2. The van der Waals surface area contributed by atoms with Crippen molar-refractivity contribution in [3.8, 4) is 11.1 Å². The molecule has 2 aromatic carbocycles. The molecule has 3 heteroatoms. The molecule has 0 aromatic heterocycles. The molecule has 2 rings (SSSR count). The summed E-state index contributed by atoms with van der Waals surface area (Å²) >= 11 is 12.5. The summed E-state index contributed by atoms with van der Waals surface area (Å²) in [6, 6.07) is 12.4. The van der Waals surface area contributed by atoms with Gasteiger partial charge in [0.2, 0.25) is 0 Å². The Hall–Kier alpha value is -1.02. The van der Waals surface area contributed by atoms with Gasteiger partial charge in [-0.3, -0.25) is 0 Å². The predicted octanol–water partition coefficient (Wildman–Crippen LogP) is 5.25. The van der Waals surface area contributed by atoms with Crippen LogP contribution in [0.4, 0.5) is 0 Å². The molecule has 1 N–H and O–H groups in total. The number of nitrogens with one attached hydrogen (secondary N) is 1. The Morgan fingerprint density at radius 3 is 2.05 bits per heavy atom. The van der Waals surface area contributed by atoms with Crippen LogP contribution in [0, 0.1) is 6.92 Å². The lowest BCUT2D eigenvalue weighted by atomic mass is 10.0. The summed E-state index contributed by atoms with van der Waals surface area (Å²) in [6.07, 6.45) is 0. The third-order valence-corrected chi connectivity index (χ3v) is 4.14. The minimum absolute atomic E-state index is 0.239. The molecule has 0 heterocycles. The van der Waals surface area contributed by atoms with E-state index in [1.165, 1.54) is 0 Å². The van der Waals surface area contributed by atoms with Gasteiger partial charge in [-0.05, 0) is 55.3 Å². The molecule has 0 bridgehead atoms. The zero-order valence-corrected chi connectivity index (χ0v) is 12.8. The van der Waals surface area contributed by atoms with Gasteiger partial charge in [-0.1, -0.05) is 47.5 Å². The summed E-state index contributed by atoms with van der Waals surface area (Å²) in [6.45, 7) is 4.08. The normalized spacial score (nSPS) is 12.5. The van der Waals surface area contributed by atoms with Gasteiger partial charge in [-0.25, -0.2) is 0 Å². The Morgan fingerprint density at radius 2 is 1.53 bits per heavy atom. The van der Waals surface area contributed by atoms with Gasteiger partial charge in [0.25, 0.3) is 0 Å². The van der Waals surface area contributed by atoms with Gasteiger partial charge in [0.1, 0.15) is 0 Å². The molecular formula is C16H17Cl2N. The molecule has 0 amide bonds. The van der Waals surface area contributed by atoms with Crippen molar-refractivity contribution in [2.24, 2.45) is 0 Å². The molecule has 100 valence electrons. The highest BCUT2D eigenvalue weighted by Crippen LogP contribution is 2.30. The zero-order valence-electron chi connectivity index (χ0n) is 11.3. The smallest absolute Gasteiger partial charge is 0.0459 e. The minimum Gasteiger partial charge on any atom is -0.313 e. The average molecular weight is 294 g/mol. The maximum atomic E-state index is 6.35. The average Bonchev–Trinajstić information content (AvgIpc) is 2.41. The largest absolute Gasteiger partial charge is 0.313 e. The van der Waals surface area contributed by atoms with E-state index >= 15 is 0 Å². The molecule has 0 aliphatic rings. The fourth-order valence-electron chi connectivity index (χ4n) is 1.99. The lowest BCUT2D eigenvalue weighted by Gasteiger charge is -2.14. The van der Waals surface area contributed by atoms with E-state index in [9.17, 15) is 0 Å². The molecule has 0 saturated heterocycles. The molecule has 19 heavy (non-hydrogen) atoms. The maximum Gasteiger partial charge on any atom is 0.0459 e. The summed E-state index contributed by atoms with van der Waals surface area (Å²) in [4.78, 5) is 0. The van der Waals surface area contributed by atoms with Crippen LogP contribution >= 0.6 is 23.2 Å². The van der Waals surface area contributed by atoms with E-state index in [0.717, 1.165) is 32.3 Å². The summed E-state index contributed by atoms with van der Waals surface area (Å²) in [5, 5.41) is 4.75. The van der Waals surface area contributed by atoms with Gasteiger partial charge in [0, 0.05) is 16.1 Å². The highest BCUT2D eigenvalue weighted by Gasteiger charge is 2.09. The molecule has 0 spiro atoms. The van der Waals surface area contributed by atoms with Crippen molar-refractivity contribution in [1.29, 1.82) is 0 Å². The lowest BCUT2D eigenvalue weighted by Crippen LogP contribution is -2.12. The van der Waals surface area contributed by atoms with E-state index in [2.05, 4.69) is 30.4 Å². The highest BCUT2D eigenvalue weighted by molar-refractivity contribution is 6.32. The maximum absolute atomic E-state index is 6.35. The number of rotatable bonds is 3. The van der Waals surface area contributed by atoms with Crippen LogP contribution in [0.25, 0.3) is 11.1 Å².